The third-order valence-corrected chi connectivity index (χ3v) is 2.65. The first-order valence-electron chi connectivity index (χ1n) is 5.70. The van der Waals surface area contributed by atoms with Gasteiger partial charge in [-0.3, -0.25) is 19.7 Å². The number of hydrogen-bond donors (Lipinski definition) is 2. The summed E-state index contributed by atoms with van der Waals surface area (Å²) in [6.45, 7) is 0. The quantitative estimate of drug-likeness (QED) is 0.650. The summed E-state index contributed by atoms with van der Waals surface area (Å²) in [4.78, 5) is 36.1. The Labute approximate surface area is 117 Å². The minimum absolute atomic E-state index is 0.0649. The molecule has 0 unspecified atom stereocenters. The fourth-order valence-electron chi connectivity index (χ4n) is 1.63. The average Bonchev–Trinajstić information content (AvgIpc) is 2.47. The molecule has 2 rings (SSSR count). The molecular formula is C13H8N4O4. The first-order valence-corrected chi connectivity index (χ1v) is 5.70. The van der Waals surface area contributed by atoms with Crippen molar-refractivity contribution in [2.24, 2.45) is 0 Å². The predicted molar refractivity (Wildman–Crippen MR) is 72.8 cm³/mol. The number of benzene rings is 1. The van der Waals surface area contributed by atoms with Gasteiger partial charge in [0.05, 0.1) is 16.2 Å². The van der Waals surface area contributed by atoms with Crippen molar-refractivity contribution < 1.29 is 9.72 Å². The smallest absolute Gasteiger partial charge is 0.270 e. The molecule has 0 radical (unpaired) electrons. The zero-order valence-electron chi connectivity index (χ0n) is 10.5. The van der Waals surface area contributed by atoms with Crippen LogP contribution in [0.4, 0.5) is 11.4 Å². The molecule has 0 aliphatic heterocycles. The van der Waals surface area contributed by atoms with Gasteiger partial charge >= 0.3 is 0 Å². The number of nitro benzene ring substituents is 1. The van der Waals surface area contributed by atoms with Gasteiger partial charge < -0.3 is 10.3 Å². The maximum absolute atomic E-state index is 11.9. The molecule has 1 aromatic heterocycles. The van der Waals surface area contributed by atoms with Gasteiger partial charge in [-0.2, -0.15) is 5.26 Å². The Bertz CT molecular complexity index is 819. The number of non-ortho nitro benzene ring substituents is 1. The molecule has 0 saturated heterocycles. The van der Waals surface area contributed by atoms with Crippen LogP contribution >= 0.6 is 0 Å². The molecule has 0 fully saturated rings. The monoisotopic (exact) mass is 284 g/mol. The number of hydrogen-bond acceptors (Lipinski definition) is 5. The van der Waals surface area contributed by atoms with Crippen LogP contribution in [0.15, 0.2) is 41.5 Å². The van der Waals surface area contributed by atoms with Gasteiger partial charge in [0.1, 0.15) is 11.6 Å². The number of anilines is 1. The van der Waals surface area contributed by atoms with Crippen molar-refractivity contribution in [2.45, 2.75) is 0 Å². The second kappa shape index (κ2) is 5.66. The van der Waals surface area contributed by atoms with Gasteiger partial charge in [-0.25, -0.2) is 0 Å². The highest BCUT2D eigenvalue weighted by Gasteiger charge is 2.15. The largest absolute Gasteiger partial charge is 0.367 e. The maximum atomic E-state index is 11.9. The molecule has 1 aromatic carbocycles. The highest BCUT2D eigenvalue weighted by atomic mass is 16.6. The predicted octanol–water partition coefficient (Wildman–Crippen LogP) is 1.41. The lowest BCUT2D eigenvalue weighted by Gasteiger charge is -2.06. The van der Waals surface area contributed by atoms with E-state index in [9.17, 15) is 19.7 Å². The van der Waals surface area contributed by atoms with Crippen LogP contribution in [0.3, 0.4) is 0 Å². The summed E-state index contributed by atoms with van der Waals surface area (Å²) in [6.07, 6.45) is 2.61. The molecule has 0 bridgehead atoms. The number of rotatable bonds is 3. The molecular weight excluding hydrogens is 276 g/mol. The molecule has 1 heterocycles. The first kappa shape index (κ1) is 14.0. The van der Waals surface area contributed by atoms with Gasteiger partial charge in [0.15, 0.2) is 5.43 Å². The number of nitrogens with zero attached hydrogens (tertiary/aromatic N) is 2. The van der Waals surface area contributed by atoms with Gasteiger partial charge in [0.2, 0.25) is 0 Å². The van der Waals surface area contributed by atoms with E-state index >= 15 is 0 Å². The molecule has 0 spiro atoms. The van der Waals surface area contributed by atoms with Crippen LogP contribution in [0.25, 0.3) is 0 Å². The van der Waals surface area contributed by atoms with Gasteiger partial charge in [0.25, 0.3) is 11.6 Å². The van der Waals surface area contributed by atoms with Crippen LogP contribution in [0, 0.1) is 21.4 Å². The van der Waals surface area contributed by atoms with E-state index in [1.165, 1.54) is 24.5 Å². The van der Waals surface area contributed by atoms with E-state index in [-0.39, 0.29) is 22.5 Å². The number of carbonyl (C=O) groups is 1. The number of aromatic amines is 1. The zero-order valence-corrected chi connectivity index (χ0v) is 10.5. The molecule has 0 aliphatic carbocycles. The van der Waals surface area contributed by atoms with E-state index in [0.717, 1.165) is 12.1 Å². The van der Waals surface area contributed by atoms with Gasteiger partial charge in [-0.1, -0.05) is 0 Å². The Kier molecular flexibility index (Phi) is 3.76. The zero-order chi connectivity index (χ0) is 15.4. The van der Waals surface area contributed by atoms with E-state index in [0.29, 0.717) is 0 Å². The summed E-state index contributed by atoms with van der Waals surface area (Å²) in [5.74, 6) is -0.706. The first-order chi connectivity index (χ1) is 10.0. The summed E-state index contributed by atoms with van der Waals surface area (Å²) < 4.78 is 0. The molecule has 0 aliphatic rings. The summed E-state index contributed by atoms with van der Waals surface area (Å²) in [7, 11) is 0. The minimum Gasteiger partial charge on any atom is -0.367 e. The Balaban J connectivity index is 2.34. The molecule has 1 amide bonds. The Hall–Kier alpha value is -3.47. The number of nitriles is 1. The van der Waals surface area contributed by atoms with Crippen LogP contribution < -0.4 is 10.7 Å². The second-order valence-electron chi connectivity index (χ2n) is 3.98. The second-order valence-corrected chi connectivity index (χ2v) is 3.98. The van der Waals surface area contributed by atoms with E-state index < -0.39 is 16.3 Å². The van der Waals surface area contributed by atoms with Crippen molar-refractivity contribution in [3.63, 3.8) is 0 Å². The van der Waals surface area contributed by atoms with Gasteiger partial charge in [-0.15, -0.1) is 0 Å². The highest BCUT2D eigenvalue weighted by Crippen LogP contribution is 2.21. The van der Waals surface area contributed by atoms with Crippen LogP contribution in [0.5, 0.6) is 0 Å². The van der Waals surface area contributed by atoms with Crippen molar-refractivity contribution in [2.75, 3.05) is 5.32 Å². The van der Waals surface area contributed by atoms with Crippen molar-refractivity contribution in [1.82, 2.24) is 4.98 Å². The summed E-state index contributed by atoms with van der Waals surface area (Å²) in [5.41, 5.74) is -0.838. The molecule has 21 heavy (non-hydrogen) atoms. The number of nitrogens with one attached hydrogen (secondary N) is 2. The fourth-order valence-corrected chi connectivity index (χ4v) is 1.63. The Morgan fingerprint density at radius 3 is 2.76 bits per heavy atom. The lowest BCUT2D eigenvalue weighted by molar-refractivity contribution is -0.384. The summed E-state index contributed by atoms with van der Waals surface area (Å²) >= 11 is 0. The molecule has 0 saturated carbocycles. The van der Waals surface area contributed by atoms with E-state index in [1.807, 2.05) is 0 Å². The number of carbonyl (C=O) groups excluding carboxylic acids is 1. The molecule has 2 N–H and O–H groups in total. The van der Waals surface area contributed by atoms with Crippen molar-refractivity contribution in [1.29, 1.82) is 5.26 Å². The van der Waals surface area contributed by atoms with E-state index in [4.69, 9.17) is 5.26 Å². The fraction of sp³-hybridized carbons (Fsp3) is 0. The highest BCUT2D eigenvalue weighted by molar-refractivity contribution is 6.04. The number of nitro groups is 1. The minimum atomic E-state index is -0.706. The van der Waals surface area contributed by atoms with Crippen molar-refractivity contribution in [3.05, 3.63) is 68.1 Å². The average molecular weight is 284 g/mol. The maximum Gasteiger partial charge on any atom is 0.270 e. The summed E-state index contributed by atoms with van der Waals surface area (Å²) in [6, 6.07) is 6.39. The molecule has 2 aromatic rings. The van der Waals surface area contributed by atoms with Crippen LogP contribution in [0.1, 0.15) is 15.9 Å². The number of H-pyrrole nitrogens is 1. The molecule has 8 heteroatoms. The lowest BCUT2D eigenvalue weighted by Crippen LogP contribution is -2.21. The van der Waals surface area contributed by atoms with Crippen molar-refractivity contribution in [3.8, 4) is 6.07 Å². The SMILES string of the molecule is N#Cc1cc([N+](=O)[O-])ccc1NC(=O)c1c[nH]ccc1=O. The molecule has 0 atom stereocenters. The lowest BCUT2D eigenvalue weighted by atomic mass is 10.1. The van der Waals surface area contributed by atoms with Gasteiger partial charge in [0, 0.05) is 30.6 Å². The Morgan fingerprint density at radius 2 is 2.14 bits per heavy atom. The van der Waals surface area contributed by atoms with E-state index in [2.05, 4.69) is 10.3 Å². The molecule has 8 nitrogen and oxygen atoms in total. The van der Waals surface area contributed by atoms with Gasteiger partial charge in [-0.05, 0) is 6.07 Å². The summed E-state index contributed by atoms with van der Waals surface area (Å²) in [5, 5.41) is 22.0. The van der Waals surface area contributed by atoms with Crippen LogP contribution in [-0.2, 0) is 0 Å². The normalized spacial score (nSPS) is 9.67. The van der Waals surface area contributed by atoms with E-state index in [1.54, 1.807) is 6.07 Å². The van der Waals surface area contributed by atoms with Crippen LogP contribution in [-0.4, -0.2) is 15.8 Å². The third kappa shape index (κ3) is 2.93. The van der Waals surface area contributed by atoms with Crippen LogP contribution in [0.2, 0.25) is 0 Å². The number of pyridine rings is 1. The Morgan fingerprint density at radius 1 is 1.38 bits per heavy atom. The topological polar surface area (TPSA) is 129 Å². The number of amides is 1. The standard InChI is InChI=1S/C13H8N4O4/c14-6-8-5-9(17(20)21)1-2-11(8)16-13(19)10-7-15-4-3-12(10)18/h1-5,7H,(H,15,18)(H,16,19). The third-order valence-electron chi connectivity index (χ3n) is 2.65. The number of aromatic nitrogens is 1. The molecule has 104 valence electrons. The van der Waals surface area contributed by atoms with Crippen molar-refractivity contribution >= 4 is 17.3 Å².